The minimum Gasteiger partial charge on any atom is -0.243 e. The minimum atomic E-state index is -0.301. The van der Waals surface area contributed by atoms with Gasteiger partial charge in [-0.3, -0.25) is 0 Å². The Balaban J connectivity index is 1.87. The topological polar surface area (TPSA) is 82.0 Å². The van der Waals surface area contributed by atoms with Crippen molar-refractivity contribution in [3.63, 3.8) is 0 Å². The summed E-state index contributed by atoms with van der Waals surface area (Å²) in [5.74, 6) is 0.629. The van der Waals surface area contributed by atoms with Crippen molar-refractivity contribution in [3.05, 3.63) is 47.5 Å². The van der Waals surface area contributed by atoms with Crippen LogP contribution in [0.2, 0.25) is 0 Å². The smallest absolute Gasteiger partial charge is 0.177 e. The Hall–Kier alpha value is -3.16. The van der Waals surface area contributed by atoms with Crippen LogP contribution >= 0.6 is 0 Å². The first kappa shape index (κ1) is 15.4. The van der Waals surface area contributed by atoms with E-state index in [1.165, 1.54) is 12.1 Å². The highest BCUT2D eigenvalue weighted by molar-refractivity contribution is 5.77. The van der Waals surface area contributed by atoms with Crippen molar-refractivity contribution in [2.24, 2.45) is 0 Å². The van der Waals surface area contributed by atoms with E-state index in [-0.39, 0.29) is 11.7 Å². The van der Waals surface area contributed by atoms with Crippen LogP contribution in [0.25, 0.3) is 28.3 Å². The molecule has 126 valence electrons. The van der Waals surface area contributed by atoms with E-state index >= 15 is 0 Å². The fraction of sp³-hybridized carbons (Fsp3) is 0.235. The molecule has 0 aliphatic carbocycles. The van der Waals surface area contributed by atoms with E-state index in [4.69, 9.17) is 4.63 Å². The molecule has 0 N–H and O–H groups in total. The van der Waals surface area contributed by atoms with Gasteiger partial charge in [-0.1, -0.05) is 13.8 Å². The first-order chi connectivity index (χ1) is 12.0. The van der Waals surface area contributed by atoms with Gasteiger partial charge in [0.05, 0.1) is 0 Å². The number of hydrogen-bond donors (Lipinski definition) is 0. The number of hydrogen-bond acceptors (Lipinski definition) is 6. The molecule has 7 nitrogen and oxygen atoms in total. The van der Waals surface area contributed by atoms with E-state index in [1.54, 1.807) is 16.6 Å². The maximum absolute atomic E-state index is 13.4. The molecule has 4 rings (SSSR count). The highest BCUT2D eigenvalue weighted by Gasteiger charge is 2.19. The molecule has 4 aromatic rings. The van der Waals surface area contributed by atoms with Crippen LogP contribution in [-0.4, -0.2) is 30.1 Å². The van der Waals surface area contributed by atoms with Gasteiger partial charge < -0.3 is 0 Å². The molecule has 0 unspecified atom stereocenters. The summed E-state index contributed by atoms with van der Waals surface area (Å²) in [7, 11) is 0. The van der Waals surface area contributed by atoms with Crippen molar-refractivity contribution >= 4 is 5.65 Å². The van der Waals surface area contributed by atoms with Gasteiger partial charge in [-0.25, -0.2) is 9.02 Å². The summed E-state index contributed by atoms with van der Waals surface area (Å²) in [5, 5.41) is 20.9. The predicted molar refractivity (Wildman–Crippen MR) is 88.3 cm³/mol. The highest BCUT2D eigenvalue weighted by Crippen LogP contribution is 2.30. The van der Waals surface area contributed by atoms with Crippen molar-refractivity contribution < 1.29 is 9.02 Å². The summed E-state index contributed by atoms with van der Waals surface area (Å²) >= 11 is 0. The van der Waals surface area contributed by atoms with Gasteiger partial charge in [0, 0.05) is 11.5 Å². The maximum Gasteiger partial charge on any atom is 0.177 e. The van der Waals surface area contributed by atoms with Gasteiger partial charge in [-0.05, 0) is 53.1 Å². The fourth-order valence-corrected chi connectivity index (χ4v) is 2.72. The van der Waals surface area contributed by atoms with Crippen LogP contribution in [-0.2, 0) is 0 Å². The summed E-state index contributed by atoms with van der Waals surface area (Å²) in [6.45, 7) is 5.86. The highest BCUT2D eigenvalue weighted by atomic mass is 19.1. The summed E-state index contributed by atoms with van der Waals surface area (Å²) in [4.78, 5) is 0. The molecule has 0 aliphatic rings. The Labute approximate surface area is 142 Å². The van der Waals surface area contributed by atoms with E-state index in [0.717, 1.165) is 17.0 Å². The van der Waals surface area contributed by atoms with E-state index < -0.39 is 0 Å². The summed E-state index contributed by atoms with van der Waals surface area (Å²) in [5.41, 5.74) is 3.72. The maximum atomic E-state index is 13.4. The first-order valence-electron chi connectivity index (χ1n) is 7.86. The Kier molecular flexibility index (Phi) is 3.52. The van der Waals surface area contributed by atoms with Gasteiger partial charge >= 0.3 is 0 Å². The number of benzene rings is 1. The molecular weight excluding hydrogens is 323 g/mol. The van der Waals surface area contributed by atoms with Gasteiger partial charge in [0.25, 0.3) is 0 Å². The standard InChI is InChI=1S/C17H15FN6O/c1-9(2)17-20-19-14-7-6-13(21-24(14)17)16-15(22-25-23-16)12-5-4-11(18)8-10(12)3/h4-9H,1-3H3. The second-order valence-corrected chi connectivity index (χ2v) is 6.12. The van der Waals surface area contributed by atoms with Crippen LogP contribution in [0.1, 0.15) is 31.2 Å². The molecule has 0 bridgehead atoms. The van der Waals surface area contributed by atoms with Crippen LogP contribution in [0.5, 0.6) is 0 Å². The van der Waals surface area contributed by atoms with Crippen LogP contribution < -0.4 is 0 Å². The van der Waals surface area contributed by atoms with Gasteiger partial charge in [-0.2, -0.15) is 9.61 Å². The van der Waals surface area contributed by atoms with Crippen LogP contribution in [0.3, 0.4) is 0 Å². The van der Waals surface area contributed by atoms with Crippen LogP contribution in [0.15, 0.2) is 35.0 Å². The Morgan fingerprint density at radius 3 is 2.60 bits per heavy atom. The van der Waals surface area contributed by atoms with Gasteiger partial charge in [0.1, 0.15) is 17.2 Å². The molecule has 8 heteroatoms. The van der Waals surface area contributed by atoms with Crippen molar-refractivity contribution in [2.75, 3.05) is 0 Å². The van der Waals surface area contributed by atoms with Crippen molar-refractivity contribution in [2.45, 2.75) is 26.7 Å². The summed E-state index contributed by atoms with van der Waals surface area (Å²) in [6.07, 6.45) is 0. The molecule has 0 saturated carbocycles. The molecule has 3 heterocycles. The molecule has 3 aromatic heterocycles. The quantitative estimate of drug-likeness (QED) is 0.569. The van der Waals surface area contributed by atoms with Crippen LogP contribution in [0, 0.1) is 12.7 Å². The third kappa shape index (κ3) is 2.55. The number of halogens is 1. The molecule has 0 atom stereocenters. The van der Waals surface area contributed by atoms with E-state index in [1.807, 2.05) is 26.8 Å². The van der Waals surface area contributed by atoms with Crippen molar-refractivity contribution in [1.82, 2.24) is 30.1 Å². The largest absolute Gasteiger partial charge is 0.243 e. The van der Waals surface area contributed by atoms with Gasteiger partial charge in [0.2, 0.25) is 0 Å². The number of rotatable bonds is 3. The van der Waals surface area contributed by atoms with Crippen molar-refractivity contribution in [3.8, 4) is 22.6 Å². The summed E-state index contributed by atoms with van der Waals surface area (Å²) < 4.78 is 20.0. The molecule has 0 saturated heterocycles. The second-order valence-electron chi connectivity index (χ2n) is 6.12. The average Bonchev–Trinajstić information content (AvgIpc) is 3.20. The summed E-state index contributed by atoms with van der Waals surface area (Å²) in [6, 6.07) is 8.09. The number of nitrogens with zero attached hydrogens (tertiary/aromatic N) is 6. The molecule has 0 spiro atoms. The fourth-order valence-electron chi connectivity index (χ4n) is 2.72. The SMILES string of the molecule is Cc1cc(F)ccc1-c1nonc1-c1ccc2nnc(C(C)C)n2n1. The molecule has 0 aliphatic heterocycles. The number of fused-ring (bicyclic) bond motifs is 1. The molecule has 0 amide bonds. The number of aromatic nitrogens is 6. The Bertz CT molecular complexity index is 1070. The Morgan fingerprint density at radius 2 is 1.84 bits per heavy atom. The van der Waals surface area contributed by atoms with E-state index in [2.05, 4.69) is 25.6 Å². The molecule has 1 aromatic carbocycles. The third-order valence-electron chi connectivity index (χ3n) is 3.98. The molecular formula is C17H15FN6O. The molecule has 0 radical (unpaired) electrons. The van der Waals surface area contributed by atoms with E-state index in [0.29, 0.717) is 22.7 Å². The molecule has 0 fully saturated rings. The predicted octanol–water partition coefficient (Wildman–Crippen LogP) is 3.41. The van der Waals surface area contributed by atoms with Gasteiger partial charge in [0.15, 0.2) is 17.2 Å². The van der Waals surface area contributed by atoms with Crippen LogP contribution in [0.4, 0.5) is 4.39 Å². The zero-order chi connectivity index (χ0) is 17.6. The van der Waals surface area contributed by atoms with E-state index in [9.17, 15) is 4.39 Å². The lowest BCUT2D eigenvalue weighted by atomic mass is 10.0. The van der Waals surface area contributed by atoms with Gasteiger partial charge in [-0.15, -0.1) is 10.2 Å². The lowest BCUT2D eigenvalue weighted by Gasteiger charge is -2.05. The third-order valence-corrected chi connectivity index (χ3v) is 3.98. The first-order valence-corrected chi connectivity index (χ1v) is 7.86. The van der Waals surface area contributed by atoms with Crippen molar-refractivity contribution in [1.29, 1.82) is 0 Å². The minimum absolute atomic E-state index is 0.173. The normalized spacial score (nSPS) is 11.6. The second kappa shape index (κ2) is 5.73. The lowest BCUT2D eigenvalue weighted by Crippen LogP contribution is -2.02. The average molecular weight is 338 g/mol. The monoisotopic (exact) mass is 338 g/mol. The lowest BCUT2D eigenvalue weighted by molar-refractivity contribution is 0.309. The zero-order valence-electron chi connectivity index (χ0n) is 13.9. The zero-order valence-corrected chi connectivity index (χ0v) is 13.9. The molecule has 25 heavy (non-hydrogen) atoms. The number of aryl methyl sites for hydroxylation is 1. The Morgan fingerprint density at radius 1 is 1.04 bits per heavy atom.